The Labute approximate surface area is 128 Å². The first-order chi connectivity index (χ1) is 10.3. The molecule has 2 fully saturated rings. The fraction of sp³-hybridized carbons (Fsp3) is 0.684. The van der Waals surface area contributed by atoms with Gasteiger partial charge in [0.1, 0.15) is 0 Å². The van der Waals surface area contributed by atoms with Gasteiger partial charge < -0.3 is 5.32 Å². The van der Waals surface area contributed by atoms with Crippen molar-refractivity contribution in [1.82, 2.24) is 10.2 Å². The van der Waals surface area contributed by atoms with E-state index in [1.165, 1.54) is 63.7 Å². The summed E-state index contributed by atoms with van der Waals surface area (Å²) in [5.41, 5.74) is 4.64. The molecule has 1 unspecified atom stereocenters. The minimum Gasteiger partial charge on any atom is -0.314 e. The van der Waals surface area contributed by atoms with Gasteiger partial charge in [0.15, 0.2) is 0 Å². The monoisotopic (exact) mass is 284 g/mol. The van der Waals surface area contributed by atoms with Crippen molar-refractivity contribution in [2.75, 3.05) is 19.6 Å². The first-order valence-electron chi connectivity index (χ1n) is 8.86. The molecule has 2 aliphatic carbocycles. The van der Waals surface area contributed by atoms with E-state index in [1.54, 1.807) is 11.1 Å². The molecule has 0 bridgehead atoms. The first-order valence-corrected chi connectivity index (χ1v) is 8.86. The highest BCUT2D eigenvalue weighted by atomic mass is 15.2. The number of nitrogens with one attached hydrogen (secondary N) is 1. The van der Waals surface area contributed by atoms with E-state index in [-0.39, 0.29) is 0 Å². The molecule has 1 aromatic carbocycles. The molecule has 0 radical (unpaired) electrons. The molecule has 4 rings (SSSR count). The third kappa shape index (κ3) is 3.02. The minimum atomic E-state index is 0.698. The zero-order valence-corrected chi connectivity index (χ0v) is 13.3. The Morgan fingerprint density at radius 1 is 1.10 bits per heavy atom. The summed E-state index contributed by atoms with van der Waals surface area (Å²) in [5.74, 6) is 1.01. The molecule has 1 saturated carbocycles. The SMILES string of the molecule is Cc1ccc2c(c1)C(N1CCC(NCC3CC3)CC1)CC2. The number of nitrogens with zero attached hydrogens (tertiary/aromatic N) is 1. The molecule has 1 heterocycles. The topological polar surface area (TPSA) is 15.3 Å². The highest BCUT2D eigenvalue weighted by Gasteiger charge is 2.31. The lowest BCUT2D eigenvalue weighted by atomic mass is 9.99. The standard InChI is InChI=1S/C19H28N2/c1-14-2-5-16-6-7-19(18(16)12-14)21-10-8-17(9-11-21)20-13-15-3-4-15/h2,5,12,15,17,19-20H,3-4,6-11,13H2,1H3. The molecule has 1 N–H and O–H groups in total. The molecule has 0 aromatic heterocycles. The van der Waals surface area contributed by atoms with Gasteiger partial charge >= 0.3 is 0 Å². The Morgan fingerprint density at radius 3 is 2.67 bits per heavy atom. The first kappa shape index (κ1) is 13.8. The van der Waals surface area contributed by atoms with E-state index in [0.29, 0.717) is 6.04 Å². The van der Waals surface area contributed by atoms with Crippen molar-refractivity contribution in [3.05, 3.63) is 34.9 Å². The Kier molecular flexibility index (Phi) is 3.76. The molecule has 114 valence electrons. The normalized spacial score (nSPS) is 27.0. The molecule has 2 heteroatoms. The number of hydrogen-bond acceptors (Lipinski definition) is 2. The quantitative estimate of drug-likeness (QED) is 0.911. The van der Waals surface area contributed by atoms with Crippen LogP contribution in [0.15, 0.2) is 18.2 Å². The number of fused-ring (bicyclic) bond motifs is 1. The summed E-state index contributed by atoms with van der Waals surface area (Å²) in [6.07, 6.45) is 8.21. The van der Waals surface area contributed by atoms with Crippen LogP contribution >= 0.6 is 0 Å². The zero-order chi connectivity index (χ0) is 14.2. The summed E-state index contributed by atoms with van der Waals surface area (Å²) in [4.78, 5) is 2.75. The van der Waals surface area contributed by atoms with Gasteiger partial charge in [-0.25, -0.2) is 0 Å². The molecule has 1 aliphatic heterocycles. The lowest BCUT2D eigenvalue weighted by Gasteiger charge is -2.37. The third-order valence-electron chi connectivity index (χ3n) is 5.71. The van der Waals surface area contributed by atoms with Gasteiger partial charge in [0, 0.05) is 25.2 Å². The van der Waals surface area contributed by atoms with E-state index in [4.69, 9.17) is 0 Å². The van der Waals surface area contributed by atoms with Crippen LogP contribution in [0, 0.1) is 12.8 Å². The highest BCUT2D eigenvalue weighted by Crippen LogP contribution is 2.37. The van der Waals surface area contributed by atoms with E-state index in [0.717, 1.165) is 12.0 Å². The summed E-state index contributed by atoms with van der Waals surface area (Å²) >= 11 is 0. The van der Waals surface area contributed by atoms with Crippen molar-refractivity contribution >= 4 is 0 Å². The molecular formula is C19H28N2. The predicted molar refractivity (Wildman–Crippen MR) is 87.6 cm³/mol. The van der Waals surface area contributed by atoms with E-state index in [2.05, 4.69) is 35.3 Å². The maximum atomic E-state index is 3.80. The van der Waals surface area contributed by atoms with Crippen molar-refractivity contribution in [3.63, 3.8) is 0 Å². The average molecular weight is 284 g/mol. The molecule has 1 saturated heterocycles. The Bertz CT molecular complexity index is 498. The van der Waals surface area contributed by atoms with Crippen LogP contribution in [0.1, 0.15) is 54.8 Å². The van der Waals surface area contributed by atoms with Crippen LogP contribution in [0.25, 0.3) is 0 Å². The minimum absolute atomic E-state index is 0.698. The van der Waals surface area contributed by atoms with E-state index in [9.17, 15) is 0 Å². The zero-order valence-electron chi connectivity index (χ0n) is 13.3. The fourth-order valence-corrected chi connectivity index (χ4v) is 4.15. The molecule has 3 aliphatic rings. The van der Waals surface area contributed by atoms with Crippen molar-refractivity contribution in [2.45, 2.75) is 57.5 Å². The summed E-state index contributed by atoms with van der Waals surface area (Å²) in [6, 6.07) is 8.54. The fourth-order valence-electron chi connectivity index (χ4n) is 4.15. The third-order valence-corrected chi connectivity index (χ3v) is 5.71. The second kappa shape index (κ2) is 5.73. The Hall–Kier alpha value is -0.860. The molecule has 21 heavy (non-hydrogen) atoms. The van der Waals surface area contributed by atoms with Crippen LogP contribution in [0.3, 0.4) is 0 Å². The Balaban J connectivity index is 1.35. The van der Waals surface area contributed by atoms with Gasteiger partial charge in [-0.3, -0.25) is 4.90 Å². The Morgan fingerprint density at radius 2 is 1.90 bits per heavy atom. The summed E-state index contributed by atoms with van der Waals surface area (Å²) in [5, 5.41) is 3.80. The van der Waals surface area contributed by atoms with Gasteiger partial charge in [-0.2, -0.15) is 0 Å². The molecular weight excluding hydrogens is 256 g/mol. The summed E-state index contributed by atoms with van der Waals surface area (Å²) in [6.45, 7) is 6.06. The van der Waals surface area contributed by atoms with Gasteiger partial charge in [-0.05, 0) is 69.0 Å². The number of hydrogen-bond donors (Lipinski definition) is 1. The van der Waals surface area contributed by atoms with Gasteiger partial charge in [0.05, 0.1) is 0 Å². The van der Waals surface area contributed by atoms with Gasteiger partial charge in [0.2, 0.25) is 0 Å². The van der Waals surface area contributed by atoms with E-state index in [1.807, 2.05) is 0 Å². The smallest absolute Gasteiger partial charge is 0.0354 e. The van der Waals surface area contributed by atoms with Gasteiger partial charge in [-0.15, -0.1) is 0 Å². The average Bonchev–Trinajstić information content (AvgIpc) is 3.25. The molecule has 1 atom stereocenters. The molecule has 0 spiro atoms. The molecule has 2 nitrogen and oxygen atoms in total. The number of likely N-dealkylation sites (tertiary alicyclic amines) is 1. The van der Waals surface area contributed by atoms with Crippen molar-refractivity contribution in [3.8, 4) is 0 Å². The number of piperidine rings is 1. The summed E-state index contributed by atoms with van der Waals surface area (Å²) in [7, 11) is 0. The maximum Gasteiger partial charge on any atom is 0.0354 e. The predicted octanol–water partition coefficient (Wildman–Crippen LogP) is 3.45. The molecule has 0 amide bonds. The van der Waals surface area contributed by atoms with Crippen LogP contribution in [0.2, 0.25) is 0 Å². The highest BCUT2D eigenvalue weighted by molar-refractivity contribution is 5.37. The largest absolute Gasteiger partial charge is 0.314 e. The number of aryl methyl sites for hydroxylation is 2. The maximum absolute atomic E-state index is 3.80. The lowest BCUT2D eigenvalue weighted by molar-refractivity contribution is 0.142. The van der Waals surface area contributed by atoms with E-state index >= 15 is 0 Å². The van der Waals surface area contributed by atoms with Crippen LogP contribution in [-0.2, 0) is 6.42 Å². The van der Waals surface area contributed by atoms with E-state index < -0.39 is 0 Å². The van der Waals surface area contributed by atoms with Crippen LogP contribution in [-0.4, -0.2) is 30.6 Å². The summed E-state index contributed by atoms with van der Waals surface area (Å²) < 4.78 is 0. The number of benzene rings is 1. The lowest BCUT2D eigenvalue weighted by Crippen LogP contribution is -2.44. The van der Waals surface area contributed by atoms with Gasteiger partial charge in [-0.1, -0.05) is 23.8 Å². The van der Waals surface area contributed by atoms with Crippen molar-refractivity contribution in [1.29, 1.82) is 0 Å². The van der Waals surface area contributed by atoms with Crippen LogP contribution < -0.4 is 5.32 Å². The van der Waals surface area contributed by atoms with Gasteiger partial charge in [0.25, 0.3) is 0 Å². The van der Waals surface area contributed by atoms with Crippen molar-refractivity contribution < 1.29 is 0 Å². The van der Waals surface area contributed by atoms with Crippen molar-refractivity contribution in [2.24, 2.45) is 5.92 Å². The number of rotatable bonds is 4. The second-order valence-corrected chi connectivity index (χ2v) is 7.42. The van der Waals surface area contributed by atoms with Crippen LogP contribution in [0.4, 0.5) is 0 Å². The second-order valence-electron chi connectivity index (χ2n) is 7.42. The molecule has 1 aromatic rings. The van der Waals surface area contributed by atoms with Crippen LogP contribution in [0.5, 0.6) is 0 Å².